The highest BCUT2D eigenvalue weighted by atomic mass is 127. The highest BCUT2D eigenvalue weighted by molar-refractivity contribution is 14.0. The molecule has 0 bridgehead atoms. The van der Waals surface area contributed by atoms with Gasteiger partial charge in [-0.3, -0.25) is 4.68 Å². The van der Waals surface area contributed by atoms with Crippen molar-refractivity contribution in [3.8, 4) is 0 Å². The molecule has 3 heterocycles. The minimum Gasteiger partial charge on any atom is -0.357 e. The van der Waals surface area contributed by atoms with E-state index in [0.717, 1.165) is 23.3 Å². The van der Waals surface area contributed by atoms with Crippen molar-refractivity contribution < 1.29 is 13.2 Å². The van der Waals surface area contributed by atoms with Gasteiger partial charge in [-0.15, -0.1) is 24.0 Å². The topological polar surface area (TPSA) is 84.9 Å². The van der Waals surface area contributed by atoms with Gasteiger partial charge in [0.25, 0.3) is 0 Å². The Morgan fingerprint density at radius 1 is 1.41 bits per heavy atom. The average Bonchev–Trinajstić information content (AvgIpc) is 3.18. The van der Waals surface area contributed by atoms with Crippen LogP contribution in [0.25, 0.3) is 0 Å². The second-order valence-corrected chi connectivity index (χ2v) is 6.11. The third-order valence-corrected chi connectivity index (χ3v) is 4.07. The van der Waals surface area contributed by atoms with Crippen molar-refractivity contribution in [2.45, 2.75) is 45.1 Å². The maximum Gasteiger partial charge on any atom is 0.435 e. The fraction of sp³-hybridized carbons (Fsp3) is 0.600. The quantitative estimate of drug-likeness (QED) is 0.381. The number of aromatic nitrogens is 5. The lowest BCUT2D eigenvalue weighted by Gasteiger charge is -2.25. The van der Waals surface area contributed by atoms with Crippen molar-refractivity contribution in [3.05, 3.63) is 29.6 Å². The van der Waals surface area contributed by atoms with E-state index in [0.29, 0.717) is 19.0 Å². The van der Waals surface area contributed by atoms with Crippen LogP contribution in [0.1, 0.15) is 30.4 Å². The summed E-state index contributed by atoms with van der Waals surface area (Å²) < 4.78 is 42.1. The van der Waals surface area contributed by atoms with Crippen molar-refractivity contribution in [3.63, 3.8) is 0 Å². The lowest BCUT2D eigenvalue weighted by Crippen LogP contribution is -2.47. The summed E-state index contributed by atoms with van der Waals surface area (Å²) in [5.41, 5.74) is -0.857. The molecule has 0 saturated carbocycles. The van der Waals surface area contributed by atoms with Gasteiger partial charge in [-0.1, -0.05) is 0 Å². The van der Waals surface area contributed by atoms with Gasteiger partial charge in [-0.2, -0.15) is 23.4 Å². The number of fused-ring (bicyclic) bond motifs is 1. The Labute approximate surface area is 171 Å². The molecular formula is C15H22F3IN8. The molecule has 0 amide bonds. The van der Waals surface area contributed by atoms with Crippen molar-refractivity contribution in [2.75, 3.05) is 6.54 Å². The number of nitrogens with one attached hydrogen (secondary N) is 2. The average molecular weight is 498 g/mol. The van der Waals surface area contributed by atoms with Crippen LogP contribution < -0.4 is 10.6 Å². The molecule has 0 aromatic carbocycles. The van der Waals surface area contributed by atoms with E-state index < -0.39 is 11.9 Å². The summed E-state index contributed by atoms with van der Waals surface area (Å²) in [7, 11) is 1.46. The van der Waals surface area contributed by atoms with Crippen molar-refractivity contribution in [1.82, 2.24) is 35.2 Å². The Morgan fingerprint density at radius 2 is 2.19 bits per heavy atom. The normalized spacial score (nSPS) is 17.2. The Morgan fingerprint density at radius 3 is 2.89 bits per heavy atom. The van der Waals surface area contributed by atoms with Crippen LogP contribution in [0.3, 0.4) is 0 Å². The van der Waals surface area contributed by atoms with Gasteiger partial charge >= 0.3 is 6.18 Å². The van der Waals surface area contributed by atoms with E-state index in [1.807, 2.05) is 11.6 Å². The molecule has 1 unspecified atom stereocenters. The maximum absolute atomic E-state index is 13.0. The van der Waals surface area contributed by atoms with Gasteiger partial charge in [0.2, 0.25) is 0 Å². The van der Waals surface area contributed by atoms with Gasteiger partial charge in [0.15, 0.2) is 11.7 Å². The van der Waals surface area contributed by atoms with Crippen LogP contribution >= 0.6 is 24.0 Å². The number of hydrogen-bond donors (Lipinski definition) is 2. The molecule has 2 aromatic rings. The first kappa shape index (κ1) is 21.4. The van der Waals surface area contributed by atoms with E-state index in [9.17, 15) is 13.2 Å². The van der Waals surface area contributed by atoms with Gasteiger partial charge in [0.05, 0.1) is 13.1 Å². The monoisotopic (exact) mass is 498 g/mol. The summed E-state index contributed by atoms with van der Waals surface area (Å²) in [5.74, 6) is 1.41. The second kappa shape index (κ2) is 8.89. The summed E-state index contributed by atoms with van der Waals surface area (Å²) in [5, 5.41) is 14.0. The first-order valence-corrected chi connectivity index (χ1v) is 8.38. The van der Waals surface area contributed by atoms with Crippen LogP contribution in [-0.4, -0.2) is 43.1 Å². The summed E-state index contributed by atoms with van der Waals surface area (Å²) in [6.45, 7) is 3.03. The Balaban J connectivity index is 0.00000261. The first-order chi connectivity index (χ1) is 12.4. The van der Waals surface area contributed by atoms with Crippen LogP contribution in [0.5, 0.6) is 0 Å². The molecule has 3 rings (SSSR count). The highest BCUT2D eigenvalue weighted by Crippen LogP contribution is 2.30. The summed E-state index contributed by atoms with van der Waals surface area (Å²) in [6, 6.07) is 0.0815. The number of halogens is 4. The van der Waals surface area contributed by atoms with Crippen molar-refractivity contribution in [2.24, 2.45) is 12.0 Å². The zero-order valence-electron chi connectivity index (χ0n) is 15.0. The molecule has 2 aromatic heterocycles. The lowest BCUT2D eigenvalue weighted by atomic mass is 10.1. The number of rotatable bonds is 4. The van der Waals surface area contributed by atoms with Crippen LogP contribution in [0.15, 0.2) is 17.5 Å². The predicted molar refractivity (Wildman–Crippen MR) is 104 cm³/mol. The fourth-order valence-corrected chi connectivity index (χ4v) is 2.92. The SMILES string of the molecule is CCNC(=NCc1cn(C)nc1C(F)(F)F)NC1CCc2ncnn2C1.I. The minimum atomic E-state index is -4.50. The molecule has 2 N–H and O–H groups in total. The van der Waals surface area contributed by atoms with Crippen LogP contribution in [0.4, 0.5) is 13.2 Å². The molecule has 27 heavy (non-hydrogen) atoms. The molecule has 0 spiro atoms. The molecule has 8 nitrogen and oxygen atoms in total. The lowest BCUT2D eigenvalue weighted by molar-refractivity contribution is -0.142. The molecule has 0 aliphatic carbocycles. The highest BCUT2D eigenvalue weighted by Gasteiger charge is 2.36. The van der Waals surface area contributed by atoms with Crippen LogP contribution in [0, 0.1) is 0 Å². The van der Waals surface area contributed by atoms with Gasteiger partial charge in [-0.05, 0) is 13.3 Å². The summed E-state index contributed by atoms with van der Waals surface area (Å²) in [4.78, 5) is 8.48. The number of nitrogens with zero attached hydrogens (tertiary/aromatic N) is 6. The smallest absolute Gasteiger partial charge is 0.357 e. The molecule has 1 atom stereocenters. The number of aryl methyl sites for hydroxylation is 2. The van der Waals surface area contributed by atoms with Crippen LogP contribution in [-0.2, 0) is 32.7 Å². The molecule has 0 saturated heterocycles. The van der Waals surface area contributed by atoms with Gasteiger partial charge in [-0.25, -0.2) is 14.7 Å². The number of alkyl halides is 3. The second-order valence-electron chi connectivity index (χ2n) is 6.11. The molecule has 0 fully saturated rings. The van der Waals surface area contributed by atoms with E-state index in [4.69, 9.17) is 0 Å². The third kappa shape index (κ3) is 5.32. The molecule has 1 aliphatic heterocycles. The van der Waals surface area contributed by atoms with E-state index in [2.05, 4.69) is 30.8 Å². The predicted octanol–water partition coefficient (Wildman–Crippen LogP) is 1.72. The maximum atomic E-state index is 13.0. The van der Waals surface area contributed by atoms with Crippen molar-refractivity contribution >= 4 is 29.9 Å². The number of aliphatic imine (C=N–C) groups is 1. The molecule has 0 radical (unpaired) electrons. The van der Waals surface area contributed by atoms with Gasteiger partial charge in [0, 0.05) is 37.8 Å². The Kier molecular flexibility index (Phi) is 7.06. The van der Waals surface area contributed by atoms with E-state index in [1.165, 1.54) is 19.6 Å². The van der Waals surface area contributed by atoms with E-state index in [-0.39, 0.29) is 42.1 Å². The largest absolute Gasteiger partial charge is 0.435 e. The molecule has 12 heteroatoms. The van der Waals surface area contributed by atoms with E-state index in [1.54, 1.807) is 0 Å². The van der Waals surface area contributed by atoms with E-state index >= 15 is 0 Å². The summed E-state index contributed by atoms with van der Waals surface area (Å²) in [6.07, 6.45) is 0.0166. The Bertz CT molecular complexity index is 782. The van der Waals surface area contributed by atoms with Crippen molar-refractivity contribution in [1.29, 1.82) is 0 Å². The molecule has 150 valence electrons. The standard InChI is InChI=1S/C15H21F3N8.HI/c1-3-19-14(23-11-4-5-12-21-9-22-26(12)8-11)20-6-10-7-25(2)24-13(10)15(16,17)18;/h7,9,11H,3-6,8H2,1-2H3,(H2,19,20,23);1H. The third-order valence-electron chi connectivity index (χ3n) is 4.07. The van der Waals surface area contributed by atoms with Crippen LogP contribution in [0.2, 0.25) is 0 Å². The van der Waals surface area contributed by atoms with Gasteiger partial charge in [0.1, 0.15) is 12.2 Å². The molecular weight excluding hydrogens is 476 g/mol. The zero-order valence-corrected chi connectivity index (χ0v) is 17.3. The number of guanidine groups is 1. The first-order valence-electron chi connectivity index (χ1n) is 8.38. The minimum absolute atomic E-state index is 0. The molecule has 1 aliphatic rings. The summed E-state index contributed by atoms with van der Waals surface area (Å²) >= 11 is 0. The van der Waals surface area contributed by atoms with Gasteiger partial charge < -0.3 is 10.6 Å². The Hall–Kier alpha value is -1.86. The number of hydrogen-bond acceptors (Lipinski definition) is 4. The zero-order chi connectivity index (χ0) is 18.7. The fourth-order valence-electron chi connectivity index (χ4n) is 2.92.